The molecule has 3 heterocycles. The fraction of sp³-hybridized carbons (Fsp3) is 0.556. The number of fused-ring (bicyclic) bond motifs is 1. The number of hydrogen-bond donors (Lipinski definition) is 1. The first-order valence-corrected chi connectivity index (χ1v) is 8.64. The van der Waals surface area contributed by atoms with Crippen LogP contribution in [0, 0.1) is 5.41 Å². The Morgan fingerprint density at radius 3 is 2.75 bits per heavy atom. The predicted molar refractivity (Wildman–Crippen MR) is 93.2 cm³/mol. The number of aryl methyl sites for hydroxylation is 1. The van der Waals surface area contributed by atoms with E-state index in [-0.39, 0.29) is 17.0 Å². The van der Waals surface area contributed by atoms with Crippen molar-refractivity contribution in [3.05, 3.63) is 34.2 Å². The Kier molecular flexibility index (Phi) is 3.53. The summed E-state index contributed by atoms with van der Waals surface area (Å²) in [7, 11) is 3.88. The summed E-state index contributed by atoms with van der Waals surface area (Å²) in [6.45, 7) is 3.89. The summed E-state index contributed by atoms with van der Waals surface area (Å²) in [6.07, 6.45) is 3.47. The number of hydrogen-bond acceptors (Lipinski definition) is 3. The largest absolute Gasteiger partial charge is 0.338 e. The molecule has 2 aliphatic rings. The van der Waals surface area contributed by atoms with E-state index in [0.717, 1.165) is 43.6 Å². The van der Waals surface area contributed by atoms with E-state index in [4.69, 9.17) is 0 Å². The van der Waals surface area contributed by atoms with Crippen molar-refractivity contribution in [2.45, 2.75) is 19.3 Å². The van der Waals surface area contributed by atoms with Gasteiger partial charge in [0, 0.05) is 37.7 Å². The molecule has 1 N–H and O–H groups in total. The number of H-pyrrole nitrogens is 1. The summed E-state index contributed by atoms with van der Waals surface area (Å²) in [5.41, 5.74) is 2.33. The molecule has 0 unspecified atom stereocenters. The van der Waals surface area contributed by atoms with Crippen molar-refractivity contribution >= 4 is 16.9 Å². The quantitative estimate of drug-likeness (QED) is 0.861. The number of rotatable bonds is 1. The number of imidazole rings is 1. The van der Waals surface area contributed by atoms with Gasteiger partial charge in [0.05, 0.1) is 11.0 Å². The van der Waals surface area contributed by atoms with Crippen molar-refractivity contribution in [1.29, 1.82) is 0 Å². The molecule has 128 valence electrons. The van der Waals surface area contributed by atoms with E-state index in [1.54, 1.807) is 11.6 Å². The van der Waals surface area contributed by atoms with Gasteiger partial charge < -0.3 is 14.8 Å². The molecular weight excluding hydrogens is 304 g/mol. The minimum absolute atomic E-state index is 0.0826. The van der Waals surface area contributed by atoms with Crippen LogP contribution in [0.3, 0.4) is 0 Å². The lowest BCUT2D eigenvalue weighted by Crippen LogP contribution is -2.47. The highest BCUT2D eigenvalue weighted by Crippen LogP contribution is 2.38. The fourth-order valence-electron chi connectivity index (χ4n) is 4.41. The Hall–Kier alpha value is -2.08. The normalized spacial score (nSPS) is 25.0. The lowest BCUT2D eigenvalue weighted by atomic mass is 9.79. The van der Waals surface area contributed by atoms with Crippen molar-refractivity contribution in [2.24, 2.45) is 12.5 Å². The number of piperidine rings is 1. The monoisotopic (exact) mass is 328 g/mol. The maximum absolute atomic E-state index is 13.0. The van der Waals surface area contributed by atoms with Gasteiger partial charge in [-0.05, 0) is 51.1 Å². The third kappa shape index (κ3) is 2.45. The average Bonchev–Trinajstić information content (AvgIpc) is 3.07. The second kappa shape index (κ2) is 5.48. The van der Waals surface area contributed by atoms with Crippen LogP contribution in [0.15, 0.2) is 23.0 Å². The summed E-state index contributed by atoms with van der Waals surface area (Å²) in [5, 5.41) is 0. The Morgan fingerprint density at radius 2 is 2.00 bits per heavy atom. The molecule has 2 saturated heterocycles. The molecule has 0 radical (unpaired) electrons. The SMILES string of the molecule is CN1CC[C@@]2(CCCN(C(=O)c3ccc4[nH]c(=O)n(C)c4c3)C2)C1. The van der Waals surface area contributed by atoms with Gasteiger partial charge in [-0.3, -0.25) is 9.36 Å². The Labute approximate surface area is 141 Å². The zero-order valence-corrected chi connectivity index (χ0v) is 14.3. The standard InChI is InChI=1S/C18H24N4O2/c1-20-9-7-18(11-20)6-3-8-22(12-18)16(23)13-4-5-14-15(10-13)21(2)17(24)19-14/h4-5,10H,3,6-9,11-12H2,1-2H3,(H,19,24)/t18-/m0/s1. The van der Waals surface area contributed by atoms with Crippen LogP contribution in [0.4, 0.5) is 0 Å². The number of likely N-dealkylation sites (tertiary alicyclic amines) is 2. The summed E-state index contributed by atoms with van der Waals surface area (Å²) in [4.78, 5) is 31.9. The molecule has 1 amide bonds. The van der Waals surface area contributed by atoms with Gasteiger partial charge >= 0.3 is 5.69 Å². The van der Waals surface area contributed by atoms with Crippen LogP contribution >= 0.6 is 0 Å². The van der Waals surface area contributed by atoms with E-state index in [0.29, 0.717) is 5.56 Å². The van der Waals surface area contributed by atoms with Crippen LogP contribution in [0.2, 0.25) is 0 Å². The number of carbonyl (C=O) groups excluding carboxylic acids is 1. The van der Waals surface area contributed by atoms with E-state index >= 15 is 0 Å². The lowest BCUT2D eigenvalue weighted by molar-refractivity contribution is 0.0535. The Morgan fingerprint density at radius 1 is 1.17 bits per heavy atom. The number of amides is 1. The number of carbonyl (C=O) groups is 1. The lowest BCUT2D eigenvalue weighted by Gasteiger charge is -2.40. The third-order valence-corrected chi connectivity index (χ3v) is 5.73. The molecule has 0 bridgehead atoms. The molecule has 6 heteroatoms. The van der Waals surface area contributed by atoms with Crippen LogP contribution in [0.1, 0.15) is 29.6 Å². The summed E-state index contributed by atoms with van der Waals surface area (Å²) < 4.78 is 1.55. The number of nitrogens with zero attached hydrogens (tertiary/aromatic N) is 3. The van der Waals surface area contributed by atoms with E-state index in [9.17, 15) is 9.59 Å². The van der Waals surface area contributed by atoms with Crippen LogP contribution in [-0.4, -0.2) is 58.5 Å². The minimum atomic E-state index is -0.152. The van der Waals surface area contributed by atoms with Gasteiger partial charge in [-0.2, -0.15) is 0 Å². The van der Waals surface area contributed by atoms with Crippen molar-refractivity contribution in [1.82, 2.24) is 19.4 Å². The molecular formula is C18H24N4O2. The molecule has 1 spiro atoms. The van der Waals surface area contributed by atoms with Gasteiger partial charge in [0.15, 0.2) is 0 Å². The summed E-state index contributed by atoms with van der Waals surface area (Å²) in [6, 6.07) is 5.48. The van der Waals surface area contributed by atoms with E-state index in [1.165, 1.54) is 12.8 Å². The minimum Gasteiger partial charge on any atom is -0.338 e. The van der Waals surface area contributed by atoms with Crippen LogP contribution in [-0.2, 0) is 7.05 Å². The average molecular weight is 328 g/mol. The highest BCUT2D eigenvalue weighted by atomic mass is 16.2. The van der Waals surface area contributed by atoms with Crippen molar-refractivity contribution in [2.75, 3.05) is 33.2 Å². The Bertz CT molecular complexity index is 848. The van der Waals surface area contributed by atoms with Gasteiger partial charge in [0.2, 0.25) is 0 Å². The third-order valence-electron chi connectivity index (χ3n) is 5.73. The molecule has 0 aliphatic carbocycles. The van der Waals surface area contributed by atoms with Gasteiger partial charge in [0.1, 0.15) is 0 Å². The number of aromatic amines is 1. The summed E-state index contributed by atoms with van der Waals surface area (Å²) >= 11 is 0. The van der Waals surface area contributed by atoms with E-state index < -0.39 is 0 Å². The van der Waals surface area contributed by atoms with Crippen LogP contribution < -0.4 is 5.69 Å². The molecule has 1 atom stereocenters. The highest BCUT2D eigenvalue weighted by molar-refractivity contribution is 5.97. The number of nitrogens with one attached hydrogen (secondary N) is 1. The van der Waals surface area contributed by atoms with Gasteiger partial charge in [-0.1, -0.05) is 0 Å². The first-order valence-electron chi connectivity index (χ1n) is 8.64. The van der Waals surface area contributed by atoms with Gasteiger partial charge in [-0.15, -0.1) is 0 Å². The molecule has 2 aliphatic heterocycles. The maximum Gasteiger partial charge on any atom is 0.326 e. The highest BCUT2D eigenvalue weighted by Gasteiger charge is 2.41. The second-order valence-electron chi connectivity index (χ2n) is 7.54. The zero-order valence-electron chi connectivity index (χ0n) is 14.3. The first kappa shape index (κ1) is 15.4. The van der Waals surface area contributed by atoms with Crippen molar-refractivity contribution in [3.8, 4) is 0 Å². The van der Waals surface area contributed by atoms with Crippen LogP contribution in [0.25, 0.3) is 11.0 Å². The predicted octanol–water partition coefficient (Wildman–Crippen LogP) is 1.42. The first-order chi connectivity index (χ1) is 11.5. The zero-order chi connectivity index (χ0) is 16.9. The second-order valence-corrected chi connectivity index (χ2v) is 7.54. The smallest absolute Gasteiger partial charge is 0.326 e. The molecule has 24 heavy (non-hydrogen) atoms. The van der Waals surface area contributed by atoms with Gasteiger partial charge in [0.25, 0.3) is 5.91 Å². The summed E-state index contributed by atoms with van der Waals surface area (Å²) in [5.74, 6) is 0.0826. The molecule has 4 rings (SSSR count). The van der Waals surface area contributed by atoms with Crippen molar-refractivity contribution in [3.63, 3.8) is 0 Å². The Balaban J connectivity index is 1.61. The van der Waals surface area contributed by atoms with Crippen LogP contribution in [0.5, 0.6) is 0 Å². The molecule has 1 aromatic heterocycles. The van der Waals surface area contributed by atoms with Crippen molar-refractivity contribution < 1.29 is 4.79 Å². The number of benzene rings is 1. The molecule has 2 aromatic rings. The topological polar surface area (TPSA) is 61.3 Å². The molecule has 2 fully saturated rings. The van der Waals surface area contributed by atoms with E-state index in [2.05, 4.69) is 16.9 Å². The molecule has 1 aromatic carbocycles. The number of aromatic nitrogens is 2. The molecule has 6 nitrogen and oxygen atoms in total. The van der Waals surface area contributed by atoms with E-state index in [1.807, 2.05) is 23.1 Å². The molecule has 0 saturated carbocycles. The fourth-order valence-corrected chi connectivity index (χ4v) is 4.41. The van der Waals surface area contributed by atoms with Gasteiger partial charge in [-0.25, -0.2) is 4.79 Å². The maximum atomic E-state index is 13.0.